The van der Waals surface area contributed by atoms with Crippen molar-refractivity contribution in [2.75, 3.05) is 11.9 Å². The quantitative estimate of drug-likeness (QED) is 0.806. The number of aromatic nitrogens is 1. The zero-order chi connectivity index (χ0) is 17.7. The van der Waals surface area contributed by atoms with E-state index in [9.17, 15) is 4.79 Å². The smallest absolute Gasteiger partial charge is 0.256 e. The lowest BCUT2D eigenvalue weighted by atomic mass is 10.0. The summed E-state index contributed by atoms with van der Waals surface area (Å²) in [5.41, 5.74) is 2.25. The summed E-state index contributed by atoms with van der Waals surface area (Å²) in [6, 6.07) is 10.2. The van der Waals surface area contributed by atoms with Crippen LogP contribution in [0.5, 0.6) is 0 Å². The fourth-order valence-corrected chi connectivity index (χ4v) is 2.55. The van der Waals surface area contributed by atoms with E-state index in [1.54, 1.807) is 6.92 Å². The van der Waals surface area contributed by atoms with Crippen molar-refractivity contribution < 1.29 is 9.32 Å². The minimum Gasteiger partial charge on any atom is -0.380 e. The molecule has 0 aliphatic rings. The van der Waals surface area contributed by atoms with Crippen LogP contribution < -0.4 is 10.6 Å². The summed E-state index contributed by atoms with van der Waals surface area (Å²) in [5, 5.41) is 10.4. The third kappa shape index (κ3) is 4.37. The maximum absolute atomic E-state index is 12.6. The molecule has 1 aromatic heterocycles. The van der Waals surface area contributed by atoms with E-state index in [1.807, 2.05) is 44.2 Å². The topological polar surface area (TPSA) is 67.2 Å². The SMILES string of the molecule is Cc1noc(C(C)C)c1C(=O)NCC(Nc1ccccc1)C(C)C. The first-order valence-electron chi connectivity index (χ1n) is 8.46. The van der Waals surface area contributed by atoms with Gasteiger partial charge in [0.2, 0.25) is 0 Å². The number of amides is 1. The standard InChI is InChI=1S/C19H27N3O2/c1-12(2)16(21-15-9-7-6-8-10-15)11-20-19(23)17-14(5)22-24-18(17)13(3)4/h6-10,12-13,16,21H,11H2,1-5H3,(H,20,23). The Bertz CT molecular complexity index is 663. The van der Waals surface area contributed by atoms with Gasteiger partial charge >= 0.3 is 0 Å². The van der Waals surface area contributed by atoms with E-state index in [0.717, 1.165) is 5.69 Å². The highest BCUT2D eigenvalue weighted by atomic mass is 16.5. The summed E-state index contributed by atoms with van der Waals surface area (Å²) in [5.74, 6) is 1.01. The molecule has 1 unspecified atom stereocenters. The van der Waals surface area contributed by atoms with Gasteiger partial charge in [-0.1, -0.05) is 51.1 Å². The second-order valence-corrected chi connectivity index (χ2v) is 6.73. The van der Waals surface area contributed by atoms with Crippen LogP contribution in [0, 0.1) is 12.8 Å². The highest BCUT2D eigenvalue weighted by Gasteiger charge is 2.23. The number of anilines is 1. The van der Waals surface area contributed by atoms with Crippen LogP contribution in [-0.4, -0.2) is 23.7 Å². The minimum atomic E-state index is -0.127. The van der Waals surface area contributed by atoms with Crippen molar-refractivity contribution in [1.29, 1.82) is 0 Å². The molecule has 0 saturated carbocycles. The van der Waals surface area contributed by atoms with Crippen molar-refractivity contribution in [3.8, 4) is 0 Å². The summed E-state index contributed by atoms with van der Waals surface area (Å²) >= 11 is 0. The van der Waals surface area contributed by atoms with Gasteiger partial charge in [0.15, 0.2) is 5.76 Å². The van der Waals surface area contributed by atoms with E-state index in [-0.39, 0.29) is 17.9 Å². The number of hydrogen-bond acceptors (Lipinski definition) is 4. The van der Waals surface area contributed by atoms with Gasteiger partial charge in [0.25, 0.3) is 5.91 Å². The van der Waals surface area contributed by atoms with Gasteiger partial charge in [0, 0.05) is 24.2 Å². The molecule has 0 bridgehead atoms. The molecular weight excluding hydrogens is 302 g/mol. The molecule has 0 aliphatic carbocycles. The van der Waals surface area contributed by atoms with Gasteiger partial charge in [-0.25, -0.2) is 0 Å². The van der Waals surface area contributed by atoms with Crippen LogP contribution in [0.3, 0.4) is 0 Å². The predicted molar refractivity (Wildman–Crippen MR) is 96.4 cm³/mol. The Morgan fingerprint density at radius 3 is 2.42 bits per heavy atom. The molecular formula is C19H27N3O2. The number of hydrogen-bond donors (Lipinski definition) is 2. The molecule has 0 fully saturated rings. The molecule has 1 amide bonds. The molecule has 0 spiro atoms. The second kappa shape index (κ2) is 7.99. The van der Waals surface area contributed by atoms with E-state index < -0.39 is 0 Å². The van der Waals surface area contributed by atoms with E-state index >= 15 is 0 Å². The number of para-hydroxylation sites is 1. The van der Waals surface area contributed by atoms with Crippen molar-refractivity contribution in [2.24, 2.45) is 5.92 Å². The second-order valence-electron chi connectivity index (χ2n) is 6.73. The van der Waals surface area contributed by atoms with Crippen LogP contribution >= 0.6 is 0 Å². The van der Waals surface area contributed by atoms with Gasteiger partial charge in [-0.05, 0) is 25.0 Å². The number of aryl methyl sites for hydroxylation is 1. The van der Waals surface area contributed by atoms with E-state index in [4.69, 9.17) is 4.52 Å². The zero-order valence-electron chi connectivity index (χ0n) is 15.1. The number of nitrogens with zero attached hydrogens (tertiary/aromatic N) is 1. The van der Waals surface area contributed by atoms with Gasteiger partial charge in [-0.15, -0.1) is 0 Å². The summed E-state index contributed by atoms with van der Waals surface area (Å²) < 4.78 is 5.30. The molecule has 0 saturated heterocycles. The van der Waals surface area contributed by atoms with Crippen molar-refractivity contribution in [3.05, 3.63) is 47.3 Å². The van der Waals surface area contributed by atoms with Gasteiger partial charge in [-0.3, -0.25) is 4.79 Å². The number of rotatable bonds is 7. The molecule has 1 aromatic carbocycles. The van der Waals surface area contributed by atoms with Crippen molar-refractivity contribution >= 4 is 11.6 Å². The molecule has 2 rings (SSSR count). The van der Waals surface area contributed by atoms with Gasteiger partial charge in [0.05, 0.1) is 5.69 Å². The predicted octanol–water partition coefficient (Wildman–Crippen LogP) is 3.97. The lowest BCUT2D eigenvalue weighted by molar-refractivity contribution is 0.0947. The van der Waals surface area contributed by atoms with Crippen LogP contribution in [0.25, 0.3) is 0 Å². The van der Waals surface area contributed by atoms with Crippen molar-refractivity contribution in [1.82, 2.24) is 10.5 Å². The Hall–Kier alpha value is -2.30. The Balaban J connectivity index is 2.04. The molecule has 0 aliphatic heterocycles. The normalized spacial score (nSPS) is 12.5. The fourth-order valence-electron chi connectivity index (χ4n) is 2.55. The summed E-state index contributed by atoms with van der Waals surface area (Å²) in [6.07, 6.45) is 0. The summed E-state index contributed by atoms with van der Waals surface area (Å²) in [7, 11) is 0. The number of benzene rings is 1. The third-order valence-electron chi connectivity index (χ3n) is 4.05. The molecule has 2 aromatic rings. The average molecular weight is 329 g/mol. The first-order chi connectivity index (χ1) is 11.4. The number of carbonyl (C=O) groups is 1. The molecule has 24 heavy (non-hydrogen) atoms. The minimum absolute atomic E-state index is 0.121. The molecule has 130 valence electrons. The fraction of sp³-hybridized carbons (Fsp3) is 0.474. The summed E-state index contributed by atoms with van der Waals surface area (Å²) in [6.45, 7) is 10.6. The summed E-state index contributed by atoms with van der Waals surface area (Å²) in [4.78, 5) is 12.6. The molecule has 2 N–H and O–H groups in total. The van der Waals surface area contributed by atoms with Gasteiger partial charge < -0.3 is 15.2 Å². The number of nitrogens with one attached hydrogen (secondary N) is 2. The molecule has 0 radical (unpaired) electrons. The Morgan fingerprint density at radius 2 is 1.83 bits per heavy atom. The van der Waals surface area contributed by atoms with Crippen molar-refractivity contribution in [3.63, 3.8) is 0 Å². The van der Waals surface area contributed by atoms with Gasteiger partial charge in [-0.2, -0.15) is 0 Å². The molecule has 1 atom stereocenters. The first-order valence-corrected chi connectivity index (χ1v) is 8.46. The average Bonchev–Trinajstić information content (AvgIpc) is 2.93. The van der Waals surface area contributed by atoms with E-state index in [1.165, 1.54) is 0 Å². The monoisotopic (exact) mass is 329 g/mol. The number of carbonyl (C=O) groups excluding carboxylic acids is 1. The lowest BCUT2D eigenvalue weighted by Crippen LogP contribution is -2.40. The van der Waals surface area contributed by atoms with Crippen LogP contribution in [0.1, 0.15) is 55.4 Å². The van der Waals surface area contributed by atoms with Crippen LogP contribution in [0.4, 0.5) is 5.69 Å². The Labute approximate surface area is 143 Å². The lowest BCUT2D eigenvalue weighted by Gasteiger charge is -2.24. The van der Waals surface area contributed by atoms with Gasteiger partial charge in [0.1, 0.15) is 5.56 Å². The maximum atomic E-state index is 12.6. The highest BCUT2D eigenvalue weighted by Crippen LogP contribution is 2.22. The molecule has 5 nitrogen and oxygen atoms in total. The van der Waals surface area contributed by atoms with Crippen LogP contribution in [0.2, 0.25) is 0 Å². The van der Waals surface area contributed by atoms with E-state index in [2.05, 4.69) is 29.6 Å². The molecule has 1 heterocycles. The zero-order valence-corrected chi connectivity index (χ0v) is 15.1. The molecule has 5 heteroatoms. The van der Waals surface area contributed by atoms with Crippen LogP contribution in [-0.2, 0) is 0 Å². The Morgan fingerprint density at radius 1 is 1.17 bits per heavy atom. The highest BCUT2D eigenvalue weighted by molar-refractivity contribution is 5.96. The van der Waals surface area contributed by atoms with Crippen LogP contribution in [0.15, 0.2) is 34.9 Å². The van der Waals surface area contributed by atoms with Crippen molar-refractivity contribution in [2.45, 2.75) is 46.6 Å². The first kappa shape index (κ1) is 18.0. The third-order valence-corrected chi connectivity index (χ3v) is 4.05. The largest absolute Gasteiger partial charge is 0.380 e. The van der Waals surface area contributed by atoms with E-state index in [0.29, 0.717) is 29.5 Å². The Kier molecular flexibility index (Phi) is 6.01. The maximum Gasteiger partial charge on any atom is 0.256 e.